The predicted octanol–water partition coefficient (Wildman–Crippen LogP) is 3.24. The second-order valence-electron chi connectivity index (χ2n) is 3.83. The Morgan fingerprint density at radius 3 is 2.75 bits per heavy atom. The molecule has 2 aromatic rings. The van der Waals surface area contributed by atoms with Crippen LogP contribution in [0.25, 0.3) is 6.08 Å². The van der Waals surface area contributed by atoms with E-state index in [2.05, 4.69) is 5.32 Å². The Labute approximate surface area is 118 Å². The van der Waals surface area contributed by atoms with Crippen molar-refractivity contribution >= 4 is 35.0 Å². The topological polar surface area (TPSA) is 66.4 Å². The molecular formula is C14H10FNO3S. The first-order valence-corrected chi connectivity index (χ1v) is 6.49. The van der Waals surface area contributed by atoms with Crippen LogP contribution in [0.5, 0.6) is 0 Å². The highest BCUT2D eigenvalue weighted by molar-refractivity contribution is 7.10. The van der Waals surface area contributed by atoms with Crippen molar-refractivity contribution in [1.82, 2.24) is 0 Å². The zero-order valence-electron chi connectivity index (χ0n) is 10.2. The van der Waals surface area contributed by atoms with E-state index in [0.717, 1.165) is 17.0 Å². The molecule has 0 unspecified atom stereocenters. The zero-order chi connectivity index (χ0) is 14.5. The molecule has 0 radical (unpaired) electrons. The third-order valence-electron chi connectivity index (χ3n) is 2.41. The van der Waals surface area contributed by atoms with E-state index in [1.54, 1.807) is 6.08 Å². The van der Waals surface area contributed by atoms with Crippen LogP contribution in [0.2, 0.25) is 0 Å². The number of carbonyl (C=O) groups excluding carboxylic acids is 1. The molecule has 0 aliphatic rings. The number of aromatic carboxylic acids is 1. The van der Waals surface area contributed by atoms with E-state index in [9.17, 15) is 14.0 Å². The van der Waals surface area contributed by atoms with Gasteiger partial charge in [-0.1, -0.05) is 6.07 Å². The van der Waals surface area contributed by atoms with Crippen LogP contribution in [0.4, 0.5) is 10.1 Å². The molecule has 0 aliphatic carbocycles. The first kappa shape index (κ1) is 14.0. The Morgan fingerprint density at radius 2 is 2.10 bits per heavy atom. The average Bonchev–Trinajstić information content (AvgIpc) is 2.91. The number of carbonyl (C=O) groups is 2. The van der Waals surface area contributed by atoms with Crippen LogP contribution in [0.15, 0.2) is 41.8 Å². The molecule has 0 fully saturated rings. The molecule has 0 atom stereocenters. The number of rotatable bonds is 4. The molecule has 1 aromatic heterocycles. The van der Waals surface area contributed by atoms with Crippen LogP contribution >= 0.6 is 11.3 Å². The number of hydrogen-bond acceptors (Lipinski definition) is 3. The Kier molecular flexibility index (Phi) is 4.27. The van der Waals surface area contributed by atoms with E-state index in [-0.39, 0.29) is 11.3 Å². The molecule has 4 nitrogen and oxygen atoms in total. The van der Waals surface area contributed by atoms with Gasteiger partial charge in [-0.15, -0.1) is 11.3 Å². The zero-order valence-corrected chi connectivity index (χ0v) is 11.0. The van der Waals surface area contributed by atoms with Gasteiger partial charge in [-0.3, -0.25) is 4.79 Å². The Hall–Kier alpha value is -2.47. The number of amides is 1. The van der Waals surface area contributed by atoms with Crippen LogP contribution in [-0.2, 0) is 4.79 Å². The average molecular weight is 291 g/mol. The lowest BCUT2D eigenvalue weighted by molar-refractivity contribution is -0.111. The van der Waals surface area contributed by atoms with Crippen molar-refractivity contribution < 1.29 is 19.1 Å². The second kappa shape index (κ2) is 6.12. The summed E-state index contributed by atoms with van der Waals surface area (Å²) in [5.41, 5.74) is -0.234. The van der Waals surface area contributed by atoms with E-state index >= 15 is 0 Å². The standard InChI is InChI=1S/C14H10FNO3S/c15-9-3-5-12(11(8-9)14(18)19)16-13(17)6-4-10-2-1-7-20-10/h1-8H,(H,16,17)(H,18,19)/b6-4+. The third kappa shape index (κ3) is 3.52. The molecule has 20 heavy (non-hydrogen) atoms. The van der Waals surface area contributed by atoms with Gasteiger partial charge in [0.05, 0.1) is 11.3 Å². The normalized spacial score (nSPS) is 10.7. The maximum absolute atomic E-state index is 13.0. The lowest BCUT2D eigenvalue weighted by Gasteiger charge is -2.06. The highest BCUT2D eigenvalue weighted by Gasteiger charge is 2.12. The van der Waals surface area contributed by atoms with Crippen LogP contribution < -0.4 is 5.32 Å². The molecule has 0 saturated carbocycles. The van der Waals surface area contributed by atoms with E-state index in [1.165, 1.54) is 23.5 Å². The number of benzene rings is 1. The predicted molar refractivity (Wildman–Crippen MR) is 75.3 cm³/mol. The molecule has 1 aromatic carbocycles. The maximum atomic E-state index is 13.0. The van der Waals surface area contributed by atoms with Crippen molar-refractivity contribution in [2.75, 3.05) is 5.32 Å². The van der Waals surface area contributed by atoms with Gasteiger partial charge in [0.15, 0.2) is 0 Å². The van der Waals surface area contributed by atoms with Gasteiger partial charge in [0.1, 0.15) is 5.82 Å². The van der Waals surface area contributed by atoms with Gasteiger partial charge in [0.2, 0.25) is 5.91 Å². The van der Waals surface area contributed by atoms with Gasteiger partial charge >= 0.3 is 5.97 Å². The minimum Gasteiger partial charge on any atom is -0.478 e. The fraction of sp³-hybridized carbons (Fsp3) is 0. The summed E-state index contributed by atoms with van der Waals surface area (Å²) in [7, 11) is 0. The van der Waals surface area contributed by atoms with Crippen LogP contribution in [0, 0.1) is 5.82 Å². The van der Waals surface area contributed by atoms with Gasteiger partial charge < -0.3 is 10.4 Å². The summed E-state index contributed by atoms with van der Waals surface area (Å²) < 4.78 is 13.0. The van der Waals surface area contributed by atoms with Crippen molar-refractivity contribution in [2.24, 2.45) is 0 Å². The van der Waals surface area contributed by atoms with E-state index in [1.807, 2.05) is 17.5 Å². The molecular weight excluding hydrogens is 281 g/mol. The number of halogens is 1. The molecule has 2 N–H and O–H groups in total. The van der Waals surface area contributed by atoms with E-state index in [4.69, 9.17) is 5.11 Å². The lowest BCUT2D eigenvalue weighted by Crippen LogP contribution is -2.12. The number of thiophene rings is 1. The number of carboxylic acids is 1. The molecule has 1 heterocycles. The molecule has 0 spiro atoms. The molecule has 0 saturated heterocycles. The first-order valence-electron chi connectivity index (χ1n) is 5.61. The number of nitrogens with one attached hydrogen (secondary N) is 1. The van der Waals surface area contributed by atoms with Crippen LogP contribution in [-0.4, -0.2) is 17.0 Å². The van der Waals surface area contributed by atoms with Crippen molar-refractivity contribution in [2.45, 2.75) is 0 Å². The van der Waals surface area contributed by atoms with Crippen LogP contribution in [0.1, 0.15) is 15.2 Å². The fourth-order valence-corrected chi connectivity index (χ4v) is 2.14. The smallest absolute Gasteiger partial charge is 0.337 e. The lowest BCUT2D eigenvalue weighted by atomic mass is 10.1. The van der Waals surface area contributed by atoms with Gasteiger partial charge in [-0.2, -0.15) is 0 Å². The number of carboxylic acid groups (broad SMARTS) is 1. The van der Waals surface area contributed by atoms with Crippen molar-refractivity contribution in [3.05, 3.63) is 58.0 Å². The quantitative estimate of drug-likeness (QED) is 0.850. The SMILES string of the molecule is O=C(/C=C/c1cccs1)Nc1ccc(F)cc1C(=O)O. The Bertz CT molecular complexity index is 665. The highest BCUT2D eigenvalue weighted by Crippen LogP contribution is 2.17. The molecule has 102 valence electrons. The first-order chi connectivity index (χ1) is 9.56. The third-order valence-corrected chi connectivity index (χ3v) is 3.25. The summed E-state index contributed by atoms with van der Waals surface area (Å²) in [5, 5.41) is 13.2. The van der Waals surface area contributed by atoms with Crippen molar-refractivity contribution in [3.63, 3.8) is 0 Å². The summed E-state index contributed by atoms with van der Waals surface area (Å²) in [6.45, 7) is 0. The fourth-order valence-electron chi connectivity index (χ4n) is 1.52. The Morgan fingerprint density at radius 1 is 1.30 bits per heavy atom. The van der Waals surface area contributed by atoms with Gasteiger partial charge in [-0.25, -0.2) is 9.18 Å². The molecule has 6 heteroatoms. The Balaban J connectivity index is 2.13. The monoisotopic (exact) mass is 291 g/mol. The molecule has 0 bridgehead atoms. The van der Waals surface area contributed by atoms with Gasteiger partial charge in [0.25, 0.3) is 0 Å². The minimum absolute atomic E-state index is 0.0553. The highest BCUT2D eigenvalue weighted by atomic mass is 32.1. The van der Waals surface area contributed by atoms with Crippen molar-refractivity contribution in [3.8, 4) is 0 Å². The summed E-state index contributed by atoms with van der Waals surface area (Å²) in [6.07, 6.45) is 2.91. The maximum Gasteiger partial charge on any atom is 0.337 e. The summed E-state index contributed by atoms with van der Waals surface area (Å²) in [6, 6.07) is 6.86. The molecule has 0 aliphatic heterocycles. The van der Waals surface area contributed by atoms with E-state index in [0.29, 0.717) is 0 Å². The van der Waals surface area contributed by atoms with Gasteiger partial charge in [0, 0.05) is 11.0 Å². The van der Waals surface area contributed by atoms with Crippen molar-refractivity contribution in [1.29, 1.82) is 0 Å². The summed E-state index contributed by atoms with van der Waals surface area (Å²) >= 11 is 1.47. The second-order valence-corrected chi connectivity index (χ2v) is 4.81. The van der Waals surface area contributed by atoms with E-state index < -0.39 is 17.7 Å². The number of anilines is 1. The van der Waals surface area contributed by atoms with Gasteiger partial charge in [-0.05, 0) is 35.7 Å². The summed E-state index contributed by atoms with van der Waals surface area (Å²) in [5.74, 6) is -2.45. The minimum atomic E-state index is -1.30. The molecule has 2 rings (SSSR count). The largest absolute Gasteiger partial charge is 0.478 e. The number of hydrogen-bond donors (Lipinski definition) is 2. The van der Waals surface area contributed by atoms with Crippen LogP contribution in [0.3, 0.4) is 0 Å². The summed E-state index contributed by atoms with van der Waals surface area (Å²) in [4.78, 5) is 23.6. The molecule has 1 amide bonds.